The maximum absolute atomic E-state index is 13.5. The van der Waals surface area contributed by atoms with Crippen molar-refractivity contribution in [1.29, 1.82) is 0 Å². The number of methoxy groups -OCH3 is 1. The molecule has 0 spiro atoms. The van der Waals surface area contributed by atoms with Crippen molar-refractivity contribution in [1.82, 2.24) is 10.2 Å². The van der Waals surface area contributed by atoms with Crippen LogP contribution in [0.4, 0.5) is 10.1 Å². The second-order valence-corrected chi connectivity index (χ2v) is 4.80. The van der Waals surface area contributed by atoms with Crippen LogP contribution in [0.3, 0.4) is 0 Å². The topological polar surface area (TPSA) is 87.9 Å². The van der Waals surface area contributed by atoms with Gasteiger partial charge in [0.2, 0.25) is 0 Å². The molecule has 10 heteroatoms. The molecular formula is C13H20Cl2FN3O4. The summed E-state index contributed by atoms with van der Waals surface area (Å²) in [6.45, 7) is 1.91. The highest BCUT2D eigenvalue weighted by molar-refractivity contribution is 5.85. The van der Waals surface area contributed by atoms with Gasteiger partial charge in [-0.3, -0.25) is 15.0 Å². The van der Waals surface area contributed by atoms with E-state index in [1.807, 2.05) is 4.90 Å². The molecule has 0 unspecified atom stereocenters. The first-order chi connectivity index (χ1) is 10.1. The molecule has 7 nitrogen and oxygen atoms in total. The number of phenolic OH excluding ortho intramolecular Hbond substituents is 1. The fourth-order valence-corrected chi connectivity index (χ4v) is 2.50. The van der Waals surface area contributed by atoms with Crippen LogP contribution in [-0.2, 0) is 0 Å². The van der Waals surface area contributed by atoms with Gasteiger partial charge in [-0.2, -0.15) is 0 Å². The van der Waals surface area contributed by atoms with E-state index in [4.69, 9.17) is 4.74 Å². The van der Waals surface area contributed by atoms with Gasteiger partial charge >= 0.3 is 0 Å². The Morgan fingerprint density at radius 1 is 1.43 bits per heavy atom. The van der Waals surface area contributed by atoms with Gasteiger partial charge < -0.3 is 15.2 Å². The number of alkyl halides is 1. The summed E-state index contributed by atoms with van der Waals surface area (Å²) >= 11 is 0. The monoisotopic (exact) mass is 371 g/mol. The number of nitrogens with one attached hydrogen (secondary N) is 1. The van der Waals surface area contributed by atoms with Gasteiger partial charge in [-0.25, -0.2) is 4.39 Å². The van der Waals surface area contributed by atoms with E-state index in [1.165, 1.54) is 13.2 Å². The van der Waals surface area contributed by atoms with Gasteiger partial charge in [0.15, 0.2) is 11.5 Å². The van der Waals surface area contributed by atoms with Crippen molar-refractivity contribution in [3.8, 4) is 11.5 Å². The first-order valence-corrected chi connectivity index (χ1v) is 6.64. The number of nitrogens with zero attached hydrogens (tertiary/aromatic N) is 2. The molecule has 1 aliphatic heterocycles. The van der Waals surface area contributed by atoms with E-state index >= 15 is 0 Å². The van der Waals surface area contributed by atoms with Crippen LogP contribution in [0, 0.1) is 10.1 Å². The molecule has 0 radical (unpaired) electrons. The van der Waals surface area contributed by atoms with Crippen molar-refractivity contribution >= 4 is 30.5 Å². The molecule has 1 aliphatic rings. The van der Waals surface area contributed by atoms with Crippen molar-refractivity contribution in [2.45, 2.75) is 6.04 Å². The lowest BCUT2D eigenvalue weighted by molar-refractivity contribution is -0.385. The number of ether oxygens (including phenoxy) is 1. The Bertz CT molecular complexity index is 530. The van der Waals surface area contributed by atoms with Crippen molar-refractivity contribution in [2.75, 3.05) is 40.0 Å². The minimum atomic E-state index is -0.738. The fraction of sp³-hybridized carbons (Fsp3) is 0.538. The zero-order valence-corrected chi connectivity index (χ0v) is 14.2. The summed E-state index contributed by atoms with van der Waals surface area (Å²) in [4.78, 5) is 12.2. The highest BCUT2D eigenvalue weighted by Gasteiger charge is 2.28. The fourth-order valence-electron chi connectivity index (χ4n) is 2.50. The van der Waals surface area contributed by atoms with E-state index < -0.39 is 17.6 Å². The van der Waals surface area contributed by atoms with Gasteiger partial charge in [-0.05, 0) is 0 Å². The lowest BCUT2D eigenvalue weighted by atomic mass is 10.0. The van der Waals surface area contributed by atoms with Crippen LogP contribution in [0.25, 0.3) is 0 Å². The Balaban J connectivity index is 0.00000242. The predicted molar refractivity (Wildman–Crippen MR) is 89.0 cm³/mol. The molecule has 1 saturated heterocycles. The van der Waals surface area contributed by atoms with Gasteiger partial charge in [-0.15, -0.1) is 24.8 Å². The molecule has 1 atom stereocenters. The lowest BCUT2D eigenvalue weighted by Crippen LogP contribution is -2.45. The average Bonchev–Trinajstić information content (AvgIpc) is 2.50. The number of halogens is 3. The summed E-state index contributed by atoms with van der Waals surface area (Å²) in [6, 6.07) is 1.62. The standard InChI is InChI=1S/C13H18FN3O4.2ClH/c1-21-12-7-9(17(19)20)6-10(13(12)18)11(8-14)16-4-2-15-3-5-16;;/h6-7,11,15,18H,2-5,8H2,1H3;2*1H/t11-;;/m1../s1. The van der Waals surface area contributed by atoms with E-state index in [0.717, 1.165) is 6.07 Å². The summed E-state index contributed by atoms with van der Waals surface area (Å²) in [7, 11) is 1.30. The number of nitro groups is 1. The Morgan fingerprint density at radius 3 is 2.52 bits per heavy atom. The highest BCUT2D eigenvalue weighted by Crippen LogP contribution is 2.39. The van der Waals surface area contributed by atoms with E-state index in [-0.39, 0.29) is 47.6 Å². The Kier molecular flexibility index (Phi) is 9.14. The van der Waals surface area contributed by atoms with Crippen molar-refractivity contribution in [2.24, 2.45) is 0 Å². The molecule has 0 amide bonds. The third-order valence-corrected chi connectivity index (χ3v) is 3.62. The van der Waals surface area contributed by atoms with Gasteiger partial charge in [-0.1, -0.05) is 0 Å². The predicted octanol–water partition coefficient (Wildman–Crippen LogP) is 2.07. The first-order valence-electron chi connectivity index (χ1n) is 6.64. The molecule has 0 aliphatic carbocycles. The minimum absolute atomic E-state index is 0. The molecule has 23 heavy (non-hydrogen) atoms. The smallest absolute Gasteiger partial charge is 0.273 e. The van der Waals surface area contributed by atoms with Gasteiger partial charge in [0.1, 0.15) is 6.67 Å². The number of benzene rings is 1. The first kappa shape index (κ1) is 21.6. The van der Waals surface area contributed by atoms with Gasteiger partial charge in [0.25, 0.3) is 5.69 Å². The molecule has 132 valence electrons. The Morgan fingerprint density at radius 2 is 2.04 bits per heavy atom. The van der Waals surface area contributed by atoms with Crippen LogP contribution >= 0.6 is 24.8 Å². The van der Waals surface area contributed by atoms with E-state index in [2.05, 4.69) is 5.32 Å². The van der Waals surface area contributed by atoms with Crippen LogP contribution in [0.2, 0.25) is 0 Å². The highest BCUT2D eigenvalue weighted by atomic mass is 35.5. The number of non-ortho nitro benzene ring substituents is 1. The van der Waals surface area contributed by atoms with Crippen LogP contribution in [0.5, 0.6) is 11.5 Å². The van der Waals surface area contributed by atoms with Crippen molar-refractivity contribution in [3.63, 3.8) is 0 Å². The van der Waals surface area contributed by atoms with Crippen LogP contribution < -0.4 is 10.1 Å². The van der Waals surface area contributed by atoms with Gasteiger partial charge in [0, 0.05) is 37.8 Å². The molecule has 2 rings (SSSR count). The molecule has 0 aromatic heterocycles. The number of nitro benzene ring substituents is 1. The van der Waals surface area contributed by atoms with Gasteiger partial charge in [0.05, 0.1) is 24.1 Å². The largest absolute Gasteiger partial charge is 0.504 e. The zero-order chi connectivity index (χ0) is 15.4. The number of hydrogen-bond donors (Lipinski definition) is 2. The Hall–Kier alpha value is -1.35. The number of rotatable bonds is 5. The Labute approximate surface area is 145 Å². The maximum atomic E-state index is 13.5. The molecule has 1 fully saturated rings. The van der Waals surface area contributed by atoms with Crippen molar-refractivity contribution in [3.05, 3.63) is 27.8 Å². The van der Waals surface area contributed by atoms with Crippen molar-refractivity contribution < 1.29 is 19.2 Å². The molecule has 1 aromatic carbocycles. The molecule has 0 bridgehead atoms. The number of aromatic hydroxyl groups is 1. The van der Waals surface area contributed by atoms with E-state index in [1.54, 1.807) is 0 Å². The van der Waals surface area contributed by atoms with Crippen LogP contribution in [-0.4, -0.2) is 54.9 Å². The molecular weight excluding hydrogens is 352 g/mol. The number of piperazine rings is 1. The van der Waals surface area contributed by atoms with E-state index in [0.29, 0.717) is 26.2 Å². The second-order valence-electron chi connectivity index (χ2n) is 4.80. The van der Waals surface area contributed by atoms with E-state index in [9.17, 15) is 19.6 Å². The molecule has 0 saturated carbocycles. The summed E-state index contributed by atoms with van der Waals surface area (Å²) in [6.07, 6.45) is 0. The number of hydrogen-bond acceptors (Lipinski definition) is 6. The SMILES string of the molecule is COc1cc([N+](=O)[O-])cc([C@@H](CF)N2CCNCC2)c1O.Cl.Cl. The molecule has 1 aromatic rings. The average molecular weight is 372 g/mol. The maximum Gasteiger partial charge on any atom is 0.273 e. The third-order valence-electron chi connectivity index (χ3n) is 3.62. The minimum Gasteiger partial charge on any atom is -0.504 e. The molecule has 1 heterocycles. The third kappa shape index (κ3) is 4.81. The summed E-state index contributed by atoms with van der Waals surface area (Å²) < 4.78 is 18.4. The quantitative estimate of drug-likeness (QED) is 0.608. The summed E-state index contributed by atoms with van der Waals surface area (Å²) in [5.41, 5.74) is -0.0429. The molecule has 2 N–H and O–H groups in total. The van der Waals surface area contributed by atoms with Crippen LogP contribution in [0.1, 0.15) is 11.6 Å². The zero-order valence-electron chi connectivity index (χ0n) is 12.5. The summed E-state index contributed by atoms with van der Waals surface area (Å²) in [5.74, 6) is -0.267. The second kappa shape index (κ2) is 9.71. The summed E-state index contributed by atoms with van der Waals surface area (Å²) in [5, 5.41) is 24.3. The number of phenols is 1. The van der Waals surface area contributed by atoms with Crippen LogP contribution in [0.15, 0.2) is 12.1 Å². The normalized spacial score (nSPS) is 15.9. The lowest BCUT2D eigenvalue weighted by Gasteiger charge is -2.33.